The van der Waals surface area contributed by atoms with Crippen LogP contribution in [-0.2, 0) is 24.0 Å². The smallest absolute Gasteiger partial charge is 0.372 e. The zero-order valence-corrected chi connectivity index (χ0v) is 16.8. The number of carbonyl (C=O) groups excluding carboxylic acids is 2. The van der Waals surface area contributed by atoms with Crippen LogP contribution in [0.2, 0.25) is 0 Å². The minimum absolute atomic E-state index is 0.0208. The molecule has 6 N–H and O–H groups in total. The maximum Gasteiger partial charge on any atom is 0.372 e. The number of hydrogen-bond donors (Lipinski definition) is 5. The summed E-state index contributed by atoms with van der Waals surface area (Å²) in [4.78, 5) is 51.0. The summed E-state index contributed by atoms with van der Waals surface area (Å²) in [7, 11) is 0. The number of aliphatic carboxylic acids is 3. The van der Waals surface area contributed by atoms with Crippen molar-refractivity contribution in [1.82, 2.24) is 5.32 Å². The van der Waals surface area contributed by atoms with E-state index in [2.05, 4.69) is 5.32 Å². The van der Waals surface area contributed by atoms with Crippen molar-refractivity contribution < 1.29 is 39.3 Å². The van der Waals surface area contributed by atoms with Gasteiger partial charge in [-0.1, -0.05) is 41.5 Å². The molecular formula is C17H32N2O8. The molecule has 10 heteroatoms. The molecule has 2 atom stereocenters. The molecule has 2 unspecified atom stereocenters. The van der Waals surface area contributed by atoms with Crippen molar-refractivity contribution in [3.05, 3.63) is 0 Å². The Labute approximate surface area is 159 Å². The second-order valence-corrected chi connectivity index (χ2v) is 6.69. The van der Waals surface area contributed by atoms with E-state index >= 15 is 0 Å². The molecule has 1 amide bonds. The van der Waals surface area contributed by atoms with Gasteiger partial charge < -0.3 is 26.4 Å². The van der Waals surface area contributed by atoms with Gasteiger partial charge in [-0.15, -0.1) is 0 Å². The lowest BCUT2D eigenvalue weighted by Crippen LogP contribution is -2.43. The van der Waals surface area contributed by atoms with Crippen molar-refractivity contribution in [3.63, 3.8) is 0 Å². The molecule has 0 aromatic heterocycles. The van der Waals surface area contributed by atoms with Crippen molar-refractivity contribution in [1.29, 1.82) is 0 Å². The predicted octanol–water partition coefficient (Wildman–Crippen LogP) is 0.582. The molecular weight excluding hydrogens is 360 g/mol. The van der Waals surface area contributed by atoms with Gasteiger partial charge in [0.05, 0.1) is 0 Å². The molecule has 0 bridgehead atoms. The number of hydrogen-bond acceptors (Lipinski definition) is 6. The van der Waals surface area contributed by atoms with Gasteiger partial charge in [-0.25, -0.2) is 9.59 Å². The molecule has 0 radical (unpaired) electrons. The Balaban J connectivity index is -0.000000327. The van der Waals surface area contributed by atoms with Crippen LogP contribution in [0.5, 0.6) is 0 Å². The van der Waals surface area contributed by atoms with Crippen LogP contribution in [0.1, 0.15) is 48.5 Å². The molecule has 0 aromatic rings. The Morgan fingerprint density at radius 1 is 0.778 bits per heavy atom. The van der Waals surface area contributed by atoms with E-state index in [0.29, 0.717) is 0 Å². The van der Waals surface area contributed by atoms with Crippen LogP contribution in [0.4, 0.5) is 0 Å². The summed E-state index contributed by atoms with van der Waals surface area (Å²) in [5.74, 6) is -4.78. The number of nitrogens with one attached hydrogen (secondary N) is 1. The van der Waals surface area contributed by atoms with Crippen molar-refractivity contribution in [2.75, 3.05) is 0 Å². The normalized spacial score (nSPS) is 12.1. The van der Waals surface area contributed by atoms with Gasteiger partial charge in [0.15, 0.2) is 0 Å². The van der Waals surface area contributed by atoms with Crippen molar-refractivity contribution in [3.8, 4) is 0 Å². The molecule has 0 aliphatic heterocycles. The first-order chi connectivity index (χ1) is 12.1. The fourth-order valence-electron chi connectivity index (χ4n) is 1.26. The third-order valence-corrected chi connectivity index (χ3v) is 3.03. The van der Waals surface area contributed by atoms with E-state index in [-0.39, 0.29) is 17.7 Å². The van der Waals surface area contributed by atoms with E-state index < -0.39 is 41.7 Å². The third kappa shape index (κ3) is 16.7. The highest BCUT2D eigenvalue weighted by Crippen LogP contribution is 2.00. The first-order valence-corrected chi connectivity index (χ1v) is 8.31. The Bertz CT molecular complexity index is 515. The van der Waals surface area contributed by atoms with Crippen LogP contribution >= 0.6 is 0 Å². The molecule has 27 heavy (non-hydrogen) atoms. The highest BCUT2D eigenvalue weighted by Gasteiger charge is 2.21. The molecule has 0 saturated carbocycles. The number of nitrogens with two attached hydrogens (primary N) is 1. The van der Waals surface area contributed by atoms with Crippen LogP contribution < -0.4 is 11.1 Å². The van der Waals surface area contributed by atoms with Crippen LogP contribution in [0.25, 0.3) is 0 Å². The Morgan fingerprint density at radius 2 is 1.19 bits per heavy atom. The molecule has 0 spiro atoms. The fourth-order valence-corrected chi connectivity index (χ4v) is 1.26. The van der Waals surface area contributed by atoms with E-state index in [0.717, 1.165) is 0 Å². The summed E-state index contributed by atoms with van der Waals surface area (Å²) in [5.41, 5.74) is 5.16. The second-order valence-electron chi connectivity index (χ2n) is 6.69. The average molecular weight is 392 g/mol. The van der Waals surface area contributed by atoms with Crippen molar-refractivity contribution in [2.24, 2.45) is 23.5 Å². The van der Waals surface area contributed by atoms with Crippen LogP contribution in [0.15, 0.2) is 0 Å². The topological polar surface area (TPSA) is 184 Å². The number of carbonyl (C=O) groups is 5. The van der Waals surface area contributed by atoms with Crippen molar-refractivity contribution >= 4 is 29.6 Å². The zero-order valence-electron chi connectivity index (χ0n) is 16.8. The number of ketones is 1. The number of amides is 1. The first kappa shape index (κ1) is 29.3. The largest absolute Gasteiger partial charge is 0.480 e. The summed E-state index contributed by atoms with van der Waals surface area (Å²) in [5, 5.41) is 27.1. The van der Waals surface area contributed by atoms with E-state index in [1.807, 2.05) is 0 Å². The van der Waals surface area contributed by atoms with Crippen molar-refractivity contribution in [2.45, 2.75) is 60.5 Å². The maximum absolute atomic E-state index is 10.5. The standard InChI is InChI=1S/C7H13NO3.C5H11NO2.C5H8O3/c1-4(2)6(7(10)11)8-5(3)9;2*1-3(2)4(6)5(7)8/h4,6H,1-3H3,(H,8,9)(H,10,11);3-4H,6H2,1-2H3,(H,7,8);3H,1-2H3,(H,7,8). The Hall–Kier alpha value is -2.49. The molecule has 0 aliphatic rings. The molecule has 10 nitrogen and oxygen atoms in total. The lowest BCUT2D eigenvalue weighted by Gasteiger charge is -2.16. The van der Waals surface area contributed by atoms with Crippen LogP contribution in [0.3, 0.4) is 0 Å². The molecule has 0 rings (SSSR count). The van der Waals surface area contributed by atoms with E-state index in [9.17, 15) is 24.0 Å². The van der Waals surface area contributed by atoms with Gasteiger partial charge in [0.25, 0.3) is 0 Å². The second kappa shape index (κ2) is 14.7. The minimum atomic E-state index is -1.35. The Kier molecular flexibility index (Phi) is 15.9. The Morgan fingerprint density at radius 3 is 1.22 bits per heavy atom. The molecule has 158 valence electrons. The lowest BCUT2D eigenvalue weighted by atomic mass is 10.1. The molecule has 0 aliphatic carbocycles. The highest BCUT2D eigenvalue weighted by atomic mass is 16.4. The number of carboxylic acid groups (broad SMARTS) is 3. The summed E-state index contributed by atoms with van der Waals surface area (Å²) in [6.07, 6.45) is 0. The highest BCUT2D eigenvalue weighted by molar-refractivity contribution is 6.33. The predicted molar refractivity (Wildman–Crippen MR) is 98.0 cm³/mol. The fraction of sp³-hybridized carbons (Fsp3) is 0.706. The van der Waals surface area contributed by atoms with Gasteiger partial charge in [-0.05, 0) is 11.8 Å². The third-order valence-electron chi connectivity index (χ3n) is 3.03. The number of carboxylic acids is 3. The van der Waals surface area contributed by atoms with Gasteiger partial charge in [0.1, 0.15) is 12.1 Å². The molecule has 0 heterocycles. The zero-order chi connectivity index (χ0) is 22.5. The molecule has 0 saturated heterocycles. The van der Waals surface area contributed by atoms with Gasteiger partial charge >= 0.3 is 17.9 Å². The van der Waals surface area contributed by atoms with E-state index in [1.54, 1.807) is 41.5 Å². The van der Waals surface area contributed by atoms with E-state index in [4.69, 9.17) is 21.1 Å². The number of rotatable bonds is 7. The summed E-state index contributed by atoms with van der Waals surface area (Å²) < 4.78 is 0. The molecule has 0 aromatic carbocycles. The quantitative estimate of drug-likeness (QED) is 0.386. The maximum atomic E-state index is 10.5. The van der Waals surface area contributed by atoms with Gasteiger partial charge in [-0.2, -0.15) is 0 Å². The van der Waals surface area contributed by atoms with Gasteiger partial charge in [-0.3, -0.25) is 14.4 Å². The summed E-state index contributed by atoms with van der Waals surface area (Å²) >= 11 is 0. The summed E-state index contributed by atoms with van der Waals surface area (Å²) in [6.45, 7) is 11.5. The van der Waals surface area contributed by atoms with Crippen LogP contribution in [0, 0.1) is 17.8 Å². The number of Topliss-reactive ketones (excluding diaryl/α,β-unsaturated/α-hetero) is 1. The van der Waals surface area contributed by atoms with Gasteiger partial charge in [0, 0.05) is 12.8 Å². The monoisotopic (exact) mass is 392 g/mol. The lowest BCUT2D eigenvalue weighted by molar-refractivity contribution is -0.150. The average Bonchev–Trinajstić information content (AvgIpc) is 2.51. The first-order valence-electron chi connectivity index (χ1n) is 8.31. The van der Waals surface area contributed by atoms with Crippen LogP contribution in [-0.4, -0.2) is 57.0 Å². The van der Waals surface area contributed by atoms with Gasteiger partial charge in [0.2, 0.25) is 11.7 Å². The minimum Gasteiger partial charge on any atom is -0.480 e. The summed E-state index contributed by atoms with van der Waals surface area (Å²) in [6, 6.07) is -1.48. The SMILES string of the molecule is CC(=O)NC(C(=O)O)C(C)C.CC(C)C(=O)C(=O)O.CC(C)C(N)C(=O)O. The molecule has 0 fully saturated rings. The van der Waals surface area contributed by atoms with E-state index in [1.165, 1.54) is 6.92 Å².